The average molecular weight is 262 g/mol. The minimum atomic E-state index is -0.465. The number of carbonyl (C=O) groups is 1. The first-order valence-corrected chi connectivity index (χ1v) is 4.97. The lowest BCUT2D eigenvalue weighted by Crippen LogP contribution is -2.35. The van der Waals surface area contributed by atoms with Crippen molar-refractivity contribution in [1.29, 1.82) is 0 Å². The third kappa shape index (κ3) is 3.00. The van der Waals surface area contributed by atoms with Gasteiger partial charge in [0.15, 0.2) is 11.6 Å². The zero-order valence-corrected chi connectivity index (χ0v) is 10.1. The molecule has 1 aliphatic rings. The second-order valence-corrected chi connectivity index (χ2v) is 3.52. The number of amides is 1. The quantitative estimate of drug-likeness (QED) is 0.889. The molecule has 1 heterocycles. The van der Waals surface area contributed by atoms with Crippen LogP contribution in [0.1, 0.15) is 18.0 Å². The second kappa shape index (κ2) is 5.72. The van der Waals surface area contributed by atoms with Gasteiger partial charge in [-0.1, -0.05) is 6.07 Å². The van der Waals surface area contributed by atoms with E-state index in [9.17, 15) is 9.18 Å². The monoisotopic (exact) mass is 261 g/mol. The third-order valence-electron chi connectivity index (χ3n) is 2.51. The van der Waals surface area contributed by atoms with Crippen LogP contribution in [0.3, 0.4) is 0 Å². The van der Waals surface area contributed by atoms with Crippen LogP contribution in [0.5, 0.6) is 5.75 Å². The average Bonchev–Trinajstić information content (AvgIpc) is 2.29. The Balaban J connectivity index is 0.00000144. The summed E-state index contributed by atoms with van der Waals surface area (Å²) in [7, 11) is 1.41. The molecule has 0 bridgehead atoms. The van der Waals surface area contributed by atoms with E-state index in [1.807, 2.05) is 0 Å². The van der Waals surface area contributed by atoms with Crippen LogP contribution in [0.4, 0.5) is 9.18 Å². The van der Waals surface area contributed by atoms with Crippen LogP contribution in [0, 0.1) is 5.82 Å². The summed E-state index contributed by atoms with van der Waals surface area (Å²) in [6.45, 7) is 0.351. The van der Waals surface area contributed by atoms with Gasteiger partial charge in [-0.15, -0.1) is 12.4 Å². The highest BCUT2D eigenvalue weighted by Gasteiger charge is 2.21. The van der Waals surface area contributed by atoms with Crippen molar-refractivity contribution in [2.75, 3.05) is 13.7 Å². The molecule has 1 fully saturated rings. The van der Waals surface area contributed by atoms with Gasteiger partial charge in [0.2, 0.25) is 0 Å². The molecule has 0 spiro atoms. The zero-order chi connectivity index (χ0) is 11.5. The Morgan fingerprint density at radius 1 is 1.53 bits per heavy atom. The minimum absolute atomic E-state index is 0. The Morgan fingerprint density at radius 3 is 2.88 bits per heavy atom. The van der Waals surface area contributed by atoms with Gasteiger partial charge in [-0.3, -0.25) is 0 Å². The van der Waals surface area contributed by atoms with Gasteiger partial charge in [0, 0.05) is 6.42 Å². The van der Waals surface area contributed by atoms with Crippen molar-refractivity contribution in [1.82, 2.24) is 5.32 Å². The lowest BCUT2D eigenvalue weighted by Gasteiger charge is -2.23. The van der Waals surface area contributed by atoms with Gasteiger partial charge in [0.25, 0.3) is 0 Å². The Morgan fingerprint density at radius 2 is 2.29 bits per heavy atom. The number of benzene rings is 1. The summed E-state index contributed by atoms with van der Waals surface area (Å²) in [6.07, 6.45) is 0.171. The summed E-state index contributed by atoms with van der Waals surface area (Å²) in [5.41, 5.74) is 0.718. The van der Waals surface area contributed by atoms with E-state index in [1.165, 1.54) is 13.2 Å². The number of halogens is 2. The smallest absolute Gasteiger partial charge is 0.407 e. The molecule has 0 radical (unpaired) electrons. The predicted molar refractivity (Wildman–Crippen MR) is 62.0 cm³/mol. The molecule has 4 nitrogen and oxygen atoms in total. The molecule has 0 saturated carbocycles. The molecule has 6 heteroatoms. The Kier molecular flexibility index (Phi) is 4.57. The molecule has 94 valence electrons. The normalized spacial score (nSPS) is 18.7. The first-order valence-electron chi connectivity index (χ1n) is 4.97. The summed E-state index contributed by atoms with van der Waals surface area (Å²) >= 11 is 0. The molecule has 0 unspecified atom stereocenters. The molecule has 2 rings (SSSR count). The fraction of sp³-hybridized carbons (Fsp3) is 0.364. The maximum absolute atomic E-state index is 13.4. The SMILES string of the molecule is COc1ccc([C@@H]2CCOC(=O)N2)cc1F.Cl. The number of hydrogen-bond donors (Lipinski definition) is 1. The molecular weight excluding hydrogens is 249 g/mol. The number of cyclic esters (lactones) is 1. The van der Waals surface area contributed by atoms with Gasteiger partial charge in [0.1, 0.15) is 0 Å². The molecule has 1 atom stereocenters. The van der Waals surface area contributed by atoms with E-state index in [0.29, 0.717) is 13.0 Å². The fourth-order valence-corrected chi connectivity index (χ4v) is 1.67. The fourth-order valence-electron chi connectivity index (χ4n) is 1.67. The number of rotatable bonds is 2. The largest absolute Gasteiger partial charge is 0.494 e. The van der Waals surface area contributed by atoms with Crippen molar-refractivity contribution in [3.05, 3.63) is 29.6 Å². The van der Waals surface area contributed by atoms with Crippen LogP contribution < -0.4 is 10.1 Å². The number of ether oxygens (including phenoxy) is 2. The summed E-state index contributed by atoms with van der Waals surface area (Å²) in [6, 6.07) is 4.46. The summed E-state index contributed by atoms with van der Waals surface area (Å²) in [4.78, 5) is 11.0. The van der Waals surface area contributed by atoms with Crippen LogP contribution >= 0.6 is 12.4 Å². The van der Waals surface area contributed by atoms with Crippen LogP contribution in [0.25, 0.3) is 0 Å². The number of methoxy groups -OCH3 is 1. The molecular formula is C11H13ClFNO3. The van der Waals surface area contributed by atoms with Crippen LogP contribution in [0.2, 0.25) is 0 Å². The lowest BCUT2D eigenvalue weighted by molar-refractivity contribution is 0.115. The van der Waals surface area contributed by atoms with Crippen molar-refractivity contribution in [2.45, 2.75) is 12.5 Å². The Bertz CT molecular complexity index is 414. The van der Waals surface area contributed by atoms with E-state index in [0.717, 1.165) is 5.56 Å². The number of alkyl carbamates (subject to hydrolysis) is 1. The van der Waals surface area contributed by atoms with Crippen molar-refractivity contribution in [3.63, 3.8) is 0 Å². The maximum atomic E-state index is 13.4. The minimum Gasteiger partial charge on any atom is -0.494 e. The standard InChI is InChI=1S/C11H12FNO3.ClH/c1-15-10-3-2-7(6-8(10)12)9-4-5-16-11(14)13-9;/h2-3,6,9H,4-5H2,1H3,(H,13,14);1H/t9-;/m0./s1. The van der Waals surface area contributed by atoms with Crippen molar-refractivity contribution in [3.8, 4) is 5.75 Å². The van der Waals surface area contributed by atoms with Crippen molar-refractivity contribution in [2.24, 2.45) is 0 Å². The molecule has 1 N–H and O–H groups in total. The van der Waals surface area contributed by atoms with E-state index >= 15 is 0 Å². The molecule has 1 aliphatic heterocycles. The van der Waals surface area contributed by atoms with Crippen molar-refractivity contribution < 1.29 is 18.7 Å². The molecule has 1 amide bonds. The molecule has 1 saturated heterocycles. The topological polar surface area (TPSA) is 47.6 Å². The van der Waals surface area contributed by atoms with Gasteiger partial charge < -0.3 is 14.8 Å². The molecule has 17 heavy (non-hydrogen) atoms. The number of carbonyl (C=O) groups excluding carboxylic acids is 1. The second-order valence-electron chi connectivity index (χ2n) is 3.52. The van der Waals surface area contributed by atoms with E-state index in [1.54, 1.807) is 12.1 Å². The van der Waals surface area contributed by atoms with E-state index in [4.69, 9.17) is 9.47 Å². The van der Waals surface area contributed by atoms with Gasteiger partial charge in [0.05, 0.1) is 19.8 Å². The summed E-state index contributed by atoms with van der Waals surface area (Å²) in [5.74, 6) is -0.233. The number of nitrogens with one attached hydrogen (secondary N) is 1. The predicted octanol–water partition coefficient (Wildman–Crippen LogP) is 2.43. The highest BCUT2D eigenvalue weighted by atomic mass is 35.5. The van der Waals surface area contributed by atoms with E-state index in [2.05, 4.69) is 5.32 Å². The molecule has 0 aromatic heterocycles. The molecule has 0 aliphatic carbocycles. The summed E-state index contributed by atoms with van der Waals surface area (Å²) in [5, 5.41) is 2.63. The highest BCUT2D eigenvalue weighted by Crippen LogP contribution is 2.25. The van der Waals surface area contributed by atoms with Gasteiger partial charge >= 0.3 is 6.09 Å². The summed E-state index contributed by atoms with van der Waals surface area (Å²) < 4.78 is 23.0. The first kappa shape index (κ1) is 13.6. The molecule has 1 aromatic carbocycles. The van der Waals surface area contributed by atoms with E-state index in [-0.39, 0.29) is 24.2 Å². The Labute approximate surface area is 105 Å². The van der Waals surface area contributed by atoms with E-state index < -0.39 is 11.9 Å². The highest BCUT2D eigenvalue weighted by molar-refractivity contribution is 5.85. The van der Waals surface area contributed by atoms with Crippen molar-refractivity contribution >= 4 is 18.5 Å². The van der Waals surface area contributed by atoms with Gasteiger partial charge in [-0.2, -0.15) is 0 Å². The van der Waals surface area contributed by atoms with Crippen LogP contribution in [-0.4, -0.2) is 19.8 Å². The molecule has 1 aromatic rings. The van der Waals surface area contributed by atoms with Gasteiger partial charge in [-0.05, 0) is 17.7 Å². The maximum Gasteiger partial charge on any atom is 0.407 e. The number of hydrogen-bond acceptors (Lipinski definition) is 3. The van der Waals surface area contributed by atoms with Gasteiger partial charge in [-0.25, -0.2) is 9.18 Å². The zero-order valence-electron chi connectivity index (χ0n) is 9.23. The third-order valence-corrected chi connectivity index (χ3v) is 2.51. The van der Waals surface area contributed by atoms with Crippen LogP contribution in [0.15, 0.2) is 18.2 Å². The first-order chi connectivity index (χ1) is 7.70. The van der Waals surface area contributed by atoms with Crippen LogP contribution in [-0.2, 0) is 4.74 Å². The lowest BCUT2D eigenvalue weighted by atomic mass is 10.0. The Hall–Kier alpha value is -1.49.